The third-order valence-electron chi connectivity index (χ3n) is 6.53. The summed E-state index contributed by atoms with van der Waals surface area (Å²) in [6.45, 7) is 2.17. The molecule has 3 heterocycles. The van der Waals surface area contributed by atoms with Crippen molar-refractivity contribution in [1.29, 1.82) is 0 Å². The van der Waals surface area contributed by atoms with E-state index in [9.17, 15) is 27.9 Å². The van der Waals surface area contributed by atoms with E-state index in [1.165, 1.54) is 0 Å². The van der Waals surface area contributed by atoms with Crippen molar-refractivity contribution in [2.75, 3.05) is 43.0 Å². The lowest BCUT2D eigenvalue weighted by Crippen LogP contribution is -2.52. The number of aromatic amines is 1. The monoisotopic (exact) mass is 492 g/mol. The van der Waals surface area contributed by atoms with Crippen molar-refractivity contribution in [2.45, 2.75) is 31.3 Å². The molecule has 0 bridgehead atoms. The summed E-state index contributed by atoms with van der Waals surface area (Å²) in [7, 11) is -2.98. The highest BCUT2D eigenvalue weighted by molar-refractivity contribution is 7.91. The Balaban J connectivity index is 1.49. The third kappa shape index (κ3) is 5.40. The lowest BCUT2D eigenvalue weighted by molar-refractivity contribution is -0.144. The molecule has 0 saturated carbocycles. The summed E-state index contributed by atoms with van der Waals surface area (Å²) in [6, 6.07) is 4.20. The molecular weight excluding hydrogens is 464 g/mol. The number of piperazine rings is 1. The molecule has 2 aliphatic rings. The van der Waals surface area contributed by atoms with Crippen LogP contribution in [0.5, 0.6) is 0 Å². The second-order valence-corrected chi connectivity index (χ2v) is 11.0. The van der Waals surface area contributed by atoms with Gasteiger partial charge in [-0.1, -0.05) is 0 Å². The van der Waals surface area contributed by atoms with Crippen LogP contribution in [0.2, 0.25) is 0 Å². The molecule has 2 fully saturated rings. The number of hydrogen-bond acceptors (Lipinski definition) is 7. The second-order valence-electron chi connectivity index (χ2n) is 8.82. The predicted octanol–water partition coefficient (Wildman–Crippen LogP) is 0.902. The van der Waals surface area contributed by atoms with Crippen LogP contribution in [0.3, 0.4) is 0 Å². The maximum atomic E-state index is 12.3. The quantitative estimate of drug-likeness (QED) is 0.420. The van der Waals surface area contributed by atoms with E-state index in [4.69, 9.17) is 5.11 Å². The summed E-state index contributed by atoms with van der Waals surface area (Å²) >= 11 is 0. The molecule has 184 valence electrons. The molecule has 1 aromatic carbocycles. The van der Waals surface area contributed by atoms with Crippen LogP contribution in [-0.2, 0) is 24.2 Å². The second kappa shape index (κ2) is 9.72. The number of amides is 1. The topological polar surface area (TPSA) is 160 Å². The predicted molar refractivity (Wildman–Crippen MR) is 124 cm³/mol. The molecule has 2 aromatic rings. The average molecular weight is 493 g/mol. The van der Waals surface area contributed by atoms with Gasteiger partial charge in [0.05, 0.1) is 17.9 Å². The summed E-state index contributed by atoms with van der Waals surface area (Å²) in [4.78, 5) is 42.1. The highest BCUT2D eigenvalue weighted by Crippen LogP contribution is 2.32. The van der Waals surface area contributed by atoms with Crippen molar-refractivity contribution in [1.82, 2.24) is 14.8 Å². The number of anilines is 1. The Morgan fingerprint density at radius 3 is 2.47 bits per heavy atom. The molecule has 4 N–H and O–H groups in total. The number of fused-ring (bicyclic) bond motifs is 1. The van der Waals surface area contributed by atoms with Crippen LogP contribution in [0.15, 0.2) is 24.4 Å². The van der Waals surface area contributed by atoms with Crippen molar-refractivity contribution in [3.05, 3.63) is 30.0 Å². The molecule has 1 aromatic heterocycles. The maximum absolute atomic E-state index is 12.3. The Morgan fingerprint density at radius 1 is 1.12 bits per heavy atom. The van der Waals surface area contributed by atoms with Gasteiger partial charge in [0.15, 0.2) is 9.84 Å². The number of aromatic nitrogens is 1. The van der Waals surface area contributed by atoms with Crippen LogP contribution in [0.25, 0.3) is 10.9 Å². The van der Waals surface area contributed by atoms with Crippen molar-refractivity contribution in [3.8, 4) is 0 Å². The van der Waals surface area contributed by atoms with Gasteiger partial charge in [0, 0.05) is 67.0 Å². The van der Waals surface area contributed by atoms with Gasteiger partial charge in [-0.25, -0.2) is 8.42 Å². The molecule has 0 radical (unpaired) electrons. The van der Waals surface area contributed by atoms with E-state index in [0.29, 0.717) is 49.2 Å². The number of nitrogens with one attached hydrogen (secondary N) is 2. The number of carbonyl (C=O) groups is 3. The van der Waals surface area contributed by atoms with Crippen LogP contribution in [0.4, 0.5) is 5.69 Å². The SMILES string of the molecule is O=C(O)CCC(=O)Nc1ccc2[nH]cc([C@@H](C(=O)O)N3CCN([C@H]4CCS(=O)(=O)C4)CC3)c2c1. The normalized spacial score (nSPS) is 21.9. The van der Waals surface area contributed by atoms with Crippen LogP contribution in [0.1, 0.15) is 30.9 Å². The molecule has 0 unspecified atom stereocenters. The molecular formula is C22H28N4O7S. The highest BCUT2D eigenvalue weighted by atomic mass is 32.2. The molecule has 2 saturated heterocycles. The highest BCUT2D eigenvalue weighted by Gasteiger charge is 2.37. The first kappa shape index (κ1) is 24.2. The van der Waals surface area contributed by atoms with E-state index in [1.807, 2.05) is 4.90 Å². The number of hydrogen-bond donors (Lipinski definition) is 4. The van der Waals surface area contributed by atoms with Crippen LogP contribution in [-0.4, -0.2) is 95.0 Å². The summed E-state index contributed by atoms with van der Waals surface area (Å²) in [6.07, 6.45) is 1.85. The maximum Gasteiger partial charge on any atom is 0.325 e. The van der Waals surface area contributed by atoms with Crippen molar-refractivity contribution in [2.24, 2.45) is 0 Å². The first-order valence-corrected chi connectivity index (χ1v) is 13.0. The minimum Gasteiger partial charge on any atom is -0.481 e. The standard InChI is InChI=1S/C22H28N4O7S/c27-19(3-4-20(28)29)24-14-1-2-18-16(11-14)17(12-23-18)21(22(30)31)26-8-6-25(7-9-26)15-5-10-34(32,33)13-15/h1-2,11-12,15,21,23H,3-10,13H2,(H,24,27)(H,28,29)(H,30,31)/t15-,21-/m0/s1. The van der Waals surface area contributed by atoms with Gasteiger partial charge in [0.1, 0.15) is 6.04 Å². The number of H-pyrrole nitrogens is 1. The molecule has 2 aliphatic heterocycles. The summed E-state index contributed by atoms with van der Waals surface area (Å²) in [5.74, 6) is -2.11. The lowest BCUT2D eigenvalue weighted by Gasteiger charge is -2.40. The van der Waals surface area contributed by atoms with Crippen LogP contribution >= 0.6 is 0 Å². The van der Waals surface area contributed by atoms with Gasteiger partial charge in [-0.2, -0.15) is 0 Å². The lowest BCUT2D eigenvalue weighted by atomic mass is 10.0. The Hall–Kier alpha value is -2.96. The fourth-order valence-corrected chi connectivity index (χ4v) is 6.56. The smallest absolute Gasteiger partial charge is 0.325 e. The number of carboxylic acid groups (broad SMARTS) is 2. The van der Waals surface area contributed by atoms with Crippen molar-refractivity contribution in [3.63, 3.8) is 0 Å². The van der Waals surface area contributed by atoms with E-state index < -0.39 is 33.7 Å². The van der Waals surface area contributed by atoms with Crippen LogP contribution in [0, 0.1) is 0 Å². The molecule has 12 heteroatoms. The fraction of sp³-hybridized carbons (Fsp3) is 0.500. The van der Waals surface area contributed by atoms with Crippen LogP contribution < -0.4 is 5.32 Å². The molecule has 0 spiro atoms. The van der Waals surface area contributed by atoms with E-state index >= 15 is 0 Å². The summed E-state index contributed by atoms with van der Waals surface area (Å²) in [5, 5.41) is 22.1. The van der Waals surface area contributed by atoms with Gasteiger partial charge in [-0.15, -0.1) is 0 Å². The minimum atomic E-state index is -2.98. The average Bonchev–Trinajstić information content (AvgIpc) is 3.35. The van der Waals surface area contributed by atoms with Gasteiger partial charge in [0.25, 0.3) is 0 Å². The number of nitrogens with zero attached hydrogens (tertiary/aromatic N) is 2. The molecule has 4 rings (SSSR count). The first-order valence-electron chi connectivity index (χ1n) is 11.2. The zero-order chi connectivity index (χ0) is 24.5. The molecule has 34 heavy (non-hydrogen) atoms. The molecule has 11 nitrogen and oxygen atoms in total. The minimum absolute atomic E-state index is 0.00388. The Labute approximate surface area is 196 Å². The van der Waals surface area contributed by atoms with Gasteiger partial charge in [-0.3, -0.25) is 24.2 Å². The van der Waals surface area contributed by atoms with Crippen molar-refractivity contribution >= 4 is 44.3 Å². The number of sulfone groups is 1. The number of rotatable bonds is 8. The first-order chi connectivity index (χ1) is 16.1. The Kier molecular flexibility index (Phi) is 6.91. The van der Waals surface area contributed by atoms with Crippen molar-refractivity contribution < 1.29 is 33.0 Å². The van der Waals surface area contributed by atoms with Gasteiger partial charge in [-0.05, 0) is 24.6 Å². The zero-order valence-electron chi connectivity index (χ0n) is 18.6. The molecule has 2 atom stereocenters. The molecule has 1 amide bonds. The summed E-state index contributed by atoms with van der Waals surface area (Å²) in [5.41, 5.74) is 1.75. The zero-order valence-corrected chi connectivity index (χ0v) is 19.4. The number of aliphatic carboxylic acids is 2. The van der Waals surface area contributed by atoms with Gasteiger partial charge < -0.3 is 20.5 Å². The van der Waals surface area contributed by atoms with E-state index in [1.54, 1.807) is 24.4 Å². The third-order valence-corrected chi connectivity index (χ3v) is 8.28. The fourth-order valence-electron chi connectivity index (χ4n) is 4.80. The number of benzene rings is 1. The largest absolute Gasteiger partial charge is 0.481 e. The van der Waals surface area contributed by atoms with E-state index in [0.717, 1.165) is 5.52 Å². The van der Waals surface area contributed by atoms with Gasteiger partial charge in [0.2, 0.25) is 5.91 Å². The van der Waals surface area contributed by atoms with E-state index in [2.05, 4.69) is 15.2 Å². The van der Waals surface area contributed by atoms with Gasteiger partial charge >= 0.3 is 11.9 Å². The number of carboxylic acids is 2. The van der Waals surface area contributed by atoms with E-state index in [-0.39, 0.29) is 30.4 Å². The number of carbonyl (C=O) groups excluding carboxylic acids is 1. The Morgan fingerprint density at radius 2 is 1.85 bits per heavy atom. The summed E-state index contributed by atoms with van der Waals surface area (Å²) < 4.78 is 23.6. The Bertz CT molecular complexity index is 1200. The molecule has 0 aliphatic carbocycles.